The number of aldehydes is 1. The molecule has 2 rings (SSSR count). The summed E-state index contributed by atoms with van der Waals surface area (Å²) in [5.74, 6) is 0. The number of aryl methyl sites for hydroxylation is 1. The van der Waals surface area contributed by atoms with E-state index < -0.39 is 18.3 Å². The lowest BCUT2D eigenvalue weighted by Gasteiger charge is -2.32. The van der Waals surface area contributed by atoms with E-state index >= 15 is 0 Å². The fraction of sp³-hybridized carbons (Fsp3) is 0.636. The standard InChI is InChI=1S/C11H17BN2O3/c1-10(2)11(3,4)17-12(16-10)8-6-14(5)13-9(8)7-15/h6-7H,1-5H3. The lowest BCUT2D eigenvalue weighted by atomic mass is 9.79. The summed E-state index contributed by atoms with van der Waals surface area (Å²) in [5, 5.41) is 4.06. The highest BCUT2D eigenvalue weighted by Crippen LogP contribution is 2.36. The van der Waals surface area contributed by atoms with E-state index in [2.05, 4.69) is 5.10 Å². The van der Waals surface area contributed by atoms with Crippen LogP contribution in [0.2, 0.25) is 0 Å². The Morgan fingerprint density at radius 2 is 1.82 bits per heavy atom. The quantitative estimate of drug-likeness (QED) is 0.555. The normalized spacial score (nSPS) is 21.8. The lowest BCUT2D eigenvalue weighted by molar-refractivity contribution is 0.00578. The molecule has 0 bridgehead atoms. The summed E-state index contributed by atoms with van der Waals surface area (Å²) in [6.45, 7) is 7.90. The van der Waals surface area contributed by atoms with Crippen molar-refractivity contribution in [2.24, 2.45) is 7.05 Å². The lowest BCUT2D eigenvalue weighted by Crippen LogP contribution is -2.41. The third-order valence-corrected chi connectivity index (χ3v) is 3.51. The molecular weight excluding hydrogens is 219 g/mol. The van der Waals surface area contributed by atoms with Crippen molar-refractivity contribution in [3.63, 3.8) is 0 Å². The van der Waals surface area contributed by atoms with Gasteiger partial charge in [-0.05, 0) is 27.7 Å². The molecule has 1 aliphatic rings. The summed E-state index contributed by atoms with van der Waals surface area (Å²) in [5.41, 5.74) is 0.230. The number of hydrogen-bond donors (Lipinski definition) is 0. The SMILES string of the molecule is Cn1cc(B2OC(C)(C)C(C)(C)O2)c(C=O)n1. The minimum Gasteiger partial charge on any atom is -0.399 e. The first-order valence-corrected chi connectivity index (χ1v) is 5.61. The molecule has 0 aliphatic carbocycles. The van der Waals surface area contributed by atoms with Gasteiger partial charge in [-0.2, -0.15) is 5.10 Å². The second-order valence-corrected chi connectivity index (χ2v) is 5.35. The van der Waals surface area contributed by atoms with E-state index in [0.29, 0.717) is 11.2 Å². The number of hydrogen-bond acceptors (Lipinski definition) is 4. The van der Waals surface area contributed by atoms with Gasteiger partial charge in [-0.3, -0.25) is 9.48 Å². The monoisotopic (exact) mass is 236 g/mol. The first kappa shape index (κ1) is 12.3. The maximum absolute atomic E-state index is 10.9. The maximum atomic E-state index is 10.9. The van der Waals surface area contributed by atoms with Crippen molar-refractivity contribution in [1.82, 2.24) is 9.78 Å². The molecule has 0 N–H and O–H groups in total. The van der Waals surface area contributed by atoms with Gasteiger partial charge in [-0.15, -0.1) is 0 Å². The van der Waals surface area contributed by atoms with E-state index in [1.165, 1.54) is 0 Å². The van der Waals surface area contributed by atoms with Crippen LogP contribution in [0.4, 0.5) is 0 Å². The first-order valence-electron chi connectivity index (χ1n) is 5.61. The van der Waals surface area contributed by atoms with Crippen molar-refractivity contribution in [2.45, 2.75) is 38.9 Å². The Kier molecular flexibility index (Phi) is 2.67. The molecule has 1 saturated heterocycles. The summed E-state index contributed by atoms with van der Waals surface area (Å²) in [4.78, 5) is 10.9. The van der Waals surface area contributed by atoms with Crippen molar-refractivity contribution in [1.29, 1.82) is 0 Å². The number of rotatable bonds is 2. The van der Waals surface area contributed by atoms with Crippen molar-refractivity contribution < 1.29 is 14.1 Å². The average Bonchev–Trinajstić information content (AvgIpc) is 2.65. The largest absolute Gasteiger partial charge is 0.498 e. The van der Waals surface area contributed by atoms with Crippen LogP contribution < -0.4 is 5.46 Å². The van der Waals surface area contributed by atoms with Crippen LogP contribution in [0.3, 0.4) is 0 Å². The molecule has 1 aromatic rings. The molecule has 0 spiro atoms. The van der Waals surface area contributed by atoms with Gasteiger partial charge in [0.1, 0.15) is 5.69 Å². The van der Waals surface area contributed by atoms with Gasteiger partial charge in [0.15, 0.2) is 6.29 Å². The Morgan fingerprint density at radius 1 is 1.29 bits per heavy atom. The van der Waals surface area contributed by atoms with Crippen LogP contribution in [-0.2, 0) is 16.4 Å². The van der Waals surface area contributed by atoms with Gasteiger partial charge >= 0.3 is 7.12 Å². The zero-order valence-electron chi connectivity index (χ0n) is 10.9. The van der Waals surface area contributed by atoms with E-state index in [9.17, 15) is 4.79 Å². The van der Waals surface area contributed by atoms with Crippen LogP contribution in [0.5, 0.6) is 0 Å². The van der Waals surface area contributed by atoms with Crippen LogP contribution in [0.25, 0.3) is 0 Å². The molecule has 92 valence electrons. The molecule has 1 aliphatic heterocycles. The van der Waals surface area contributed by atoms with Crippen molar-refractivity contribution in [3.8, 4) is 0 Å². The van der Waals surface area contributed by atoms with E-state index in [0.717, 1.165) is 6.29 Å². The average molecular weight is 236 g/mol. The molecule has 0 radical (unpaired) electrons. The van der Waals surface area contributed by atoms with Gasteiger partial charge in [0, 0.05) is 18.7 Å². The summed E-state index contributed by atoms with van der Waals surface area (Å²) >= 11 is 0. The summed E-state index contributed by atoms with van der Waals surface area (Å²) in [7, 11) is 1.23. The molecule has 0 unspecified atom stereocenters. The van der Waals surface area contributed by atoms with Crippen molar-refractivity contribution >= 4 is 18.9 Å². The highest BCUT2D eigenvalue weighted by atomic mass is 16.7. The molecule has 17 heavy (non-hydrogen) atoms. The van der Waals surface area contributed by atoms with Crippen LogP contribution in [-0.4, -0.2) is 34.4 Å². The minimum atomic E-state index is -0.533. The number of nitrogens with zero attached hydrogens (tertiary/aromatic N) is 2. The third kappa shape index (κ3) is 1.91. The molecule has 2 heterocycles. The van der Waals surface area contributed by atoms with E-state index in [-0.39, 0.29) is 0 Å². The Hall–Kier alpha value is -1.14. The number of carbonyl (C=O) groups excluding carboxylic acids is 1. The second kappa shape index (κ2) is 3.68. The van der Waals surface area contributed by atoms with Crippen LogP contribution >= 0.6 is 0 Å². The van der Waals surface area contributed by atoms with Gasteiger partial charge in [-0.1, -0.05) is 0 Å². The zero-order valence-corrected chi connectivity index (χ0v) is 10.9. The van der Waals surface area contributed by atoms with Crippen LogP contribution in [0.1, 0.15) is 38.2 Å². The molecule has 0 saturated carbocycles. The second-order valence-electron chi connectivity index (χ2n) is 5.35. The highest BCUT2D eigenvalue weighted by Gasteiger charge is 2.52. The Bertz CT molecular complexity index is 438. The molecular formula is C11H17BN2O3. The van der Waals surface area contributed by atoms with Crippen molar-refractivity contribution in [3.05, 3.63) is 11.9 Å². The Labute approximate surface area is 101 Å². The maximum Gasteiger partial charge on any atom is 0.498 e. The summed E-state index contributed by atoms with van der Waals surface area (Å²) in [6, 6.07) is 0. The topological polar surface area (TPSA) is 53.4 Å². The molecule has 0 amide bonds. The van der Waals surface area contributed by atoms with Gasteiger partial charge < -0.3 is 9.31 Å². The summed E-state index contributed by atoms with van der Waals surface area (Å²) < 4.78 is 13.3. The predicted octanol–water partition coefficient (Wildman–Crippen LogP) is 0.532. The van der Waals surface area contributed by atoms with Crippen molar-refractivity contribution in [2.75, 3.05) is 0 Å². The number of aromatic nitrogens is 2. The first-order chi connectivity index (χ1) is 7.77. The van der Waals surface area contributed by atoms with Gasteiger partial charge in [-0.25, -0.2) is 0 Å². The summed E-state index contributed by atoms with van der Waals surface area (Å²) in [6.07, 6.45) is 2.48. The molecule has 0 atom stereocenters. The molecule has 0 aromatic carbocycles. The van der Waals surface area contributed by atoms with E-state index in [1.807, 2.05) is 27.7 Å². The smallest absolute Gasteiger partial charge is 0.399 e. The fourth-order valence-electron chi connectivity index (χ4n) is 1.77. The van der Waals surface area contributed by atoms with E-state index in [4.69, 9.17) is 9.31 Å². The minimum absolute atomic E-state index is 0.367. The third-order valence-electron chi connectivity index (χ3n) is 3.51. The molecule has 6 heteroatoms. The Balaban J connectivity index is 2.35. The molecule has 1 fully saturated rings. The van der Waals surface area contributed by atoms with Gasteiger partial charge in [0.05, 0.1) is 11.2 Å². The van der Waals surface area contributed by atoms with Gasteiger partial charge in [0.2, 0.25) is 0 Å². The van der Waals surface area contributed by atoms with Crippen LogP contribution in [0.15, 0.2) is 6.20 Å². The van der Waals surface area contributed by atoms with Gasteiger partial charge in [0.25, 0.3) is 0 Å². The predicted molar refractivity (Wildman–Crippen MR) is 64.3 cm³/mol. The van der Waals surface area contributed by atoms with Crippen LogP contribution in [0, 0.1) is 0 Å². The molecule has 5 nitrogen and oxygen atoms in total. The highest BCUT2D eigenvalue weighted by molar-refractivity contribution is 6.63. The Morgan fingerprint density at radius 3 is 2.29 bits per heavy atom. The zero-order chi connectivity index (χ0) is 12.8. The molecule has 1 aromatic heterocycles. The number of carbonyl (C=O) groups is 1. The fourth-order valence-corrected chi connectivity index (χ4v) is 1.77. The van der Waals surface area contributed by atoms with E-state index in [1.54, 1.807) is 17.9 Å².